The van der Waals surface area contributed by atoms with Crippen LogP contribution in [0.5, 0.6) is 11.5 Å². The summed E-state index contributed by atoms with van der Waals surface area (Å²) in [6.45, 7) is 6.18. The van der Waals surface area contributed by atoms with Crippen molar-refractivity contribution in [1.82, 2.24) is 9.55 Å². The fourth-order valence-corrected chi connectivity index (χ4v) is 4.67. The molecule has 1 amide bonds. The summed E-state index contributed by atoms with van der Waals surface area (Å²) in [7, 11) is 1.58. The van der Waals surface area contributed by atoms with E-state index < -0.39 is 6.04 Å². The van der Waals surface area contributed by atoms with E-state index in [1.807, 2.05) is 38.1 Å². The molecule has 7 nitrogen and oxygen atoms in total. The van der Waals surface area contributed by atoms with Gasteiger partial charge >= 0.3 is 0 Å². The zero-order valence-corrected chi connectivity index (χ0v) is 19.7. The van der Waals surface area contributed by atoms with Crippen molar-refractivity contribution in [3.8, 4) is 22.6 Å². The second kappa shape index (κ2) is 9.46. The number of aryl methyl sites for hydroxylation is 1. The van der Waals surface area contributed by atoms with Gasteiger partial charge in [-0.3, -0.25) is 14.2 Å². The number of amides is 1. The number of hydrogen-bond donors (Lipinski definition) is 1. The molecule has 170 valence electrons. The number of carbonyl (C=O) groups excluding carboxylic acids is 1. The Morgan fingerprint density at radius 3 is 2.42 bits per heavy atom. The quantitative estimate of drug-likeness (QED) is 0.415. The summed E-state index contributed by atoms with van der Waals surface area (Å²) in [5.41, 5.74) is 2.13. The average molecular weight is 464 g/mol. The van der Waals surface area contributed by atoms with Gasteiger partial charge in [-0.15, -0.1) is 11.3 Å². The summed E-state index contributed by atoms with van der Waals surface area (Å²) in [5, 5.41) is 3.36. The average Bonchev–Trinajstić information content (AvgIpc) is 3.17. The molecule has 0 saturated heterocycles. The SMILES string of the molecule is CCOc1ccc(-c2c(C)sc3ncn(C(C)C(=O)Nc4ccc(OC)cc4)c(=O)c23)cc1. The molecule has 0 aliphatic carbocycles. The van der Waals surface area contributed by atoms with Crippen molar-refractivity contribution in [2.45, 2.75) is 26.8 Å². The second-order valence-corrected chi connectivity index (χ2v) is 8.72. The van der Waals surface area contributed by atoms with Crippen LogP contribution in [0.2, 0.25) is 0 Å². The normalized spacial score (nSPS) is 11.9. The molecule has 1 atom stereocenters. The molecule has 1 N–H and O–H groups in total. The van der Waals surface area contributed by atoms with Crippen LogP contribution in [-0.2, 0) is 4.79 Å². The summed E-state index contributed by atoms with van der Waals surface area (Å²) in [6.07, 6.45) is 1.45. The molecule has 4 rings (SSSR count). The van der Waals surface area contributed by atoms with Crippen molar-refractivity contribution >= 4 is 33.1 Å². The van der Waals surface area contributed by atoms with Crippen molar-refractivity contribution in [3.05, 3.63) is 70.1 Å². The third-order valence-corrected chi connectivity index (χ3v) is 6.43. The molecule has 2 heterocycles. The number of nitrogens with one attached hydrogen (secondary N) is 1. The Morgan fingerprint density at radius 1 is 1.12 bits per heavy atom. The van der Waals surface area contributed by atoms with Crippen LogP contribution in [0.1, 0.15) is 24.8 Å². The van der Waals surface area contributed by atoms with Gasteiger partial charge in [0.1, 0.15) is 22.4 Å². The molecule has 33 heavy (non-hydrogen) atoms. The molecular formula is C25H25N3O4S. The largest absolute Gasteiger partial charge is 0.497 e. The van der Waals surface area contributed by atoms with E-state index in [9.17, 15) is 9.59 Å². The number of hydrogen-bond acceptors (Lipinski definition) is 6. The number of ether oxygens (including phenoxy) is 2. The zero-order chi connectivity index (χ0) is 23.5. The lowest BCUT2D eigenvalue weighted by atomic mass is 10.0. The minimum Gasteiger partial charge on any atom is -0.497 e. The Labute approximate surface area is 195 Å². The van der Waals surface area contributed by atoms with E-state index >= 15 is 0 Å². The number of anilines is 1. The minimum atomic E-state index is -0.745. The summed E-state index contributed by atoms with van der Waals surface area (Å²) < 4.78 is 12.1. The standard InChI is InChI=1S/C25H25N3O4S/c1-5-32-20-10-6-17(7-11-20)21-16(3)33-24-22(21)25(30)28(14-26-24)15(2)23(29)27-18-8-12-19(31-4)13-9-18/h6-15H,5H2,1-4H3,(H,27,29). The van der Waals surface area contributed by atoms with Crippen LogP contribution >= 0.6 is 11.3 Å². The molecule has 2 aromatic carbocycles. The minimum absolute atomic E-state index is 0.245. The first kappa shape index (κ1) is 22.5. The van der Waals surface area contributed by atoms with Gasteiger partial charge in [0.15, 0.2) is 0 Å². The van der Waals surface area contributed by atoms with E-state index in [1.54, 1.807) is 38.3 Å². The summed E-state index contributed by atoms with van der Waals surface area (Å²) in [4.78, 5) is 32.5. The van der Waals surface area contributed by atoms with E-state index in [2.05, 4.69) is 10.3 Å². The van der Waals surface area contributed by atoms with Gasteiger partial charge in [-0.2, -0.15) is 0 Å². The molecule has 1 unspecified atom stereocenters. The number of thiophene rings is 1. The monoisotopic (exact) mass is 463 g/mol. The molecule has 0 aliphatic rings. The van der Waals surface area contributed by atoms with Crippen LogP contribution < -0.4 is 20.3 Å². The Kier molecular flexibility index (Phi) is 6.46. The first-order valence-electron chi connectivity index (χ1n) is 10.6. The number of nitrogens with zero attached hydrogens (tertiary/aromatic N) is 2. The maximum absolute atomic E-state index is 13.5. The fourth-order valence-electron chi connectivity index (χ4n) is 3.67. The predicted octanol–water partition coefficient (Wildman–Crippen LogP) is 5.04. The highest BCUT2D eigenvalue weighted by atomic mass is 32.1. The molecule has 2 aromatic heterocycles. The zero-order valence-electron chi connectivity index (χ0n) is 18.9. The van der Waals surface area contributed by atoms with Gasteiger partial charge in [0.05, 0.1) is 25.4 Å². The van der Waals surface area contributed by atoms with Crippen molar-refractivity contribution in [3.63, 3.8) is 0 Å². The van der Waals surface area contributed by atoms with E-state index in [0.29, 0.717) is 28.3 Å². The van der Waals surface area contributed by atoms with Crippen molar-refractivity contribution < 1.29 is 14.3 Å². The molecule has 0 aliphatic heterocycles. The van der Waals surface area contributed by atoms with Gasteiger partial charge in [-0.25, -0.2) is 4.98 Å². The van der Waals surface area contributed by atoms with Crippen LogP contribution in [-0.4, -0.2) is 29.2 Å². The van der Waals surface area contributed by atoms with Gasteiger partial charge in [-0.1, -0.05) is 12.1 Å². The smallest absolute Gasteiger partial charge is 0.263 e. The predicted molar refractivity (Wildman–Crippen MR) is 132 cm³/mol. The van der Waals surface area contributed by atoms with Crippen molar-refractivity contribution in [1.29, 1.82) is 0 Å². The van der Waals surface area contributed by atoms with Gasteiger partial charge in [0.2, 0.25) is 5.91 Å². The molecule has 0 fully saturated rings. The number of aromatic nitrogens is 2. The highest BCUT2D eigenvalue weighted by Gasteiger charge is 2.22. The summed E-state index contributed by atoms with van der Waals surface area (Å²) in [5.74, 6) is 1.16. The third-order valence-electron chi connectivity index (χ3n) is 5.42. The number of rotatable bonds is 7. The molecule has 4 aromatic rings. The Balaban J connectivity index is 1.68. The fraction of sp³-hybridized carbons (Fsp3) is 0.240. The highest BCUT2D eigenvalue weighted by molar-refractivity contribution is 7.19. The first-order valence-corrected chi connectivity index (χ1v) is 11.4. The highest BCUT2D eigenvalue weighted by Crippen LogP contribution is 2.36. The number of methoxy groups -OCH3 is 1. The summed E-state index contributed by atoms with van der Waals surface area (Å²) in [6, 6.07) is 13.9. The Hall–Kier alpha value is -3.65. The lowest BCUT2D eigenvalue weighted by Crippen LogP contribution is -2.31. The topological polar surface area (TPSA) is 82.5 Å². The van der Waals surface area contributed by atoms with Gasteiger partial charge in [0, 0.05) is 16.1 Å². The van der Waals surface area contributed by atoms with Gasteiger partial charge < -0.3 is 14.8 Å². The lowest BCUT2D eigenvalue weighted by Gasteiger charge is -2.15. The van der Waals surface area contributed by atoms with Crippen LogP contribution in [0.25, 0.3) is 21.3 Å². The first-order chi connectivity index (χ1) is 15.9. The molecule has 0 radical (unpaired) electrons. The second-order valence-electron chi connectivity index (χ2n) is 7.52. The van der Waals surface area contributed by atoms with Crippen molar-refractivity contribution in [2.24, 2.45) is 0 Å². The van der Waals surface area contributed by atoms with E-state index in [4.69, 9.17) is 9.47 Å². The maximum atomic E-state index is 13.5. The van der Waals surface area contributed by atoms with Crippen LogP contribution in [0.3, 0.4) is 0 Å². The Morgan fingerprint density at radius 2 is 1.79 bits per heavy atom. The van der Waals surface area contributed by atoms with Crippen LogP contribution in [0, 0.1) is 6.92 Å². The molecule has 0 spiro atoms. The number of benzene rings is 2. The van der Waals surface area contributed by atoms with Crippen LogP contribution in [0.4, 0.5) is 5.69 Å². The van der Waals surface area contributed by atoms with E-state index in [1.165, 1.54) is 22.2 Å². The molecular weight excluding hydrogens is 438 g/mol. The Bertz CT molecular complexity index is 1340. The van der Waals surface area contributed by atoms with Crippen molar-refractivity contribution in [2.75, 3.05) is 19.0 Å². The molecule has 0 saturated carbocycles. The maximum Gasteiger partial charge on any atom is 0.263 e. The lowest BCUT2D eigenvalue weighted by molar-refractivity contribution is -0.118. The third kappa shape index (κ3) is 4.47. The van der Waals surface area contributed by atoms with E-state index in [0.717, 1.165) is 21.8 Å². The molecule has 8 heteroatoms. The van der Waals surface area contributed by atoms with E-state index in [-0.39, 0.29) is 11.5 Å². The number of carbonyl (C=O) groups is 1. The van der Waals surface area contributed by atoms with Gasteiger partial charge in [-0.05, 0) is 62.7 Å². The van der Waals surface area contributed by atoms with Crippen LogP contribution in [0.15, 0.2) is 59.7 Å². The molecule has 0 bridgehead atoms. The summed E-state index contributed by atoms with van der Waals surface area (Å²) >= 11 is 1.47. The van der Waals surface area contributed by atoms with Gasteiger partial charge in [0.25, 0.3) is 5.56 Å². The number of fused-ring (bicyclic) bond motifs is 1.